The number of guanidine groups is 1. The molecule has 1 aliphatic carbocycles. The molecular weight excluding hydrogens is 214 g/mol. The average molecular weight is 241 g/mol. The third-order valence-electron chi connectivity index (χ3n) is 3.29. The predicted octanol–water partition coefficient (Wildman–Crippen LogP) is 1.89. The summed E-state index contributed by atoms with van der Waals surface area (Å²) in [7, 11) is 0. The van der Waals surface area contributed by atoms with Crippen LogP contribution in [0, 0.1) is 5.41 Å². The van der Waals surface area contributed by atoms with E-state index in [1.54, 1.807) is 0 Å². The Balaban J connectivity index is 2.54. The molecule has 0 aliphatic heterocycles. The number of ether oxygens (including phenoxy) is 1. The van der Waals surface area contributed by atoms with Crippen LogP contribution in [-0.2, 0) is 4.74 Å². The van der Waals surface area contributed by atoms with E-state index >= 15 is 0 Å². The quantitative estimate of drug-likeness (QED) is 0.584. The SMILES string of the molecule is CC(C)NC(N)=NC1CC(OC(C)C)C1(C)C. The minimum atomic E-state index is 0.0769. The molecule has 4 nitrogen and oxygen atoms in total. The molecular formula is C13H27N3O. The summed E-state index contributed by atoms with van der Waals surface area (Å²) < 4.78 is 5.86. The summed E-state index contributed by atoms with van der Waals surface area (Å²) >= 11 is 0. The topological polar surface area (TPSA) is 59.6 Å². The molecule has 1 aliphatic rings. The van der Waals surface area contributed by atoms with Crippen molar-refractivity contribution in [3.8, 4) is 0 Å². The van der Waals surface area contributed by atoms with Gasteiger partial charge in [-0.15, -0.1) is 0 Å². The van der Waals surface area contributed by atoms with Crippen molar-refractivity contribution in [1.29, 1.82) is 0 Å². The van der Waals surface area contributed by atoms with Gasteiger partial charge in [0.2, 0.25) is 0 Å². The van der Waals surface area contributed by atoms with Gasteiger partial charge in [0.1, 0.15) is 0 Å². The van der Waals surface area contributed by atoms with Gasteiger partial charge < -0.3 is 15.8 Å². The largest absolute Gasteiger partial charge is 0.375 e. The van der Waals surface area contributed by atoms with Crippen LogP contribution in [0.5, 0.6) is 0 Å². The highest BCUT2D eigenvalue weighted by atomic mass is 16.5. The summed E-state index contributed by atoms with van der Waals surface area (Å²) in [5, 5.41) is 3.12. The van der Waals surface area contributed by atoms with Crippen LogP contribution in [0.4, 0.5) is 0 Å². The van der Waals surface area contributed by atoms with Gasteiger partial charge in [-0.3, -0.25) is 0 Å². The van der Waals surface area contributed by atoms with Crippen LogP contribution in [0.25, 0.3) is 0 Å². The van der Waals surface area contributed by atoms with Gasteiger partial charge in [-0.2, -0.15) is 0 Å². The summed E-state index contributed by atoms with van der Waals surface area (Å²) in [6.07, 6.45) is 1.53. The second-order valence-corrected chi connectivity index (χ2v) is 6.06. The number of aliphatic imine (C=N–C) groups is 1. The number of hydrogen-bond donors (Lipinski definition) is 2. The average Bonchev–Trinajstić information content (AvgIpc) is 2.14. The van der Waals surface area contributed by atoms with E-state index in [9.17, 15) is 0 Å². The fourth-order valence-electron chi connectivity index (χ4n) is 2.14. The lowest BCUT2D eigenvalue weighted by molar-refractivity contribution is -0.129. The van der Waals surface area contributed by atoms with E-state index in [1.807, 2.05) is 0 Å². The second-order valence-electron chi connectivity index (χ2n) is 6.06. The van der Waals surface area contributed by atoms with Crippen molar-refractivity contribution in [2.45, 2.75) is 72.3 Å². The third-order valence-corrected chi connectivity index (χ3v) is 3.29. The Labute approximate surface area is 105 Å². The number of nitrogens with one attached hydrogen (secondary N) is 1. The summed E-state index contributed by atoms with van der Waals surface area (Å²) in [4.78, 5) is 4.54. The molecule has 0 aromatic carbocycles. The Morgan fingerprint density at radius 3 is 2.35 bits per heavy atom. The molecule has 2 atom stereocenters. The van der Waals surface area contributed by atoms with Crippen molar-refractivity contribution < 1.29 is 4.74 Å². The molecule has 1 fully saturated rings. The van der Waals surface area contributed by atoms with E-state index in [0.717, 1.165) is 6.42 Å². The van der Waals surface area contributed by atoms with Crippen LogP contribution in [0.3, 0.4) is 0 Å². The Morgan fingerprint density at radius 1 is 1.35 bits per heavy atom. The molecule has 2 unspecified atom stereocenters. The van der Waals surface area contributed by atoms with Crippen molar-refractivity contribution in [2.24, 2.45) is 16.1 Å². The smallest absolute Gasteiger partial charge is 0.189 e. The van der Waals surface area contributed by atoms with Gasteiger partial charge in [0.15, 0.2) is 5.96 Å². The molecule has 0 aromatic rings. The Morgan fingerprint density at radius 2 is 1.94 bits per heavy atom. The van der Waals surface area contributed by atoms with E-state index < -0.39 is 0 Å². The first-order valence-corrected chi connectivity index (χ1v) is 6.48. The minimum Gasteiger partial charge on any atom is -0.375 e. The number of rotatable bonds is 4. The zero-order chi connectivity index (χ0) is 13.2. The highest BCUT2D eigenvalue weighted by molar-refractivity contribution is 5.78. The minimum absolute atomic E-state index is 0.0769. The Hall–Kier alpha value is -0.770. The van der Waals surface area contributed by atoms with Gasteiger partial charge in [-0.1, -0.05) is 13.8 Å². The van der Waals surface area contributed by atoms with Crippen LogP contribution < -0.4 is 11.1 Å². The van der Waals surface area contributed by atoms with E-state index in [4.69, 9.17) is 10.5 Å². The fraction of sp³-hybridized carbons (Fsp3) is 0.923. The first-order chi connectivity index (χ1) is 7.73. The molecule has 4 heteroatoms. The Kier molecular flexibility index (Phi) is 4.42. The van der Waals surface area contributed by atoms with Gasteiger partial charge in [0.05, 0.1) is 18.2 Å². The Bertz CT molecular complexity index is 284. The lowest BCUT2D eigenvalue weighted by Crippen LogP contribution is -2.55. The van der Waals surface area contributed by atoms with E-state index in [1.165, 1.54) is 0 Å². The molecule has 3 N–H and O–H groups in total. The monoisotopic (exact) mass is 241 g/mol. The van der Waals surface area contributed by atoms with Crippen molar-refractivity contribution >= 4 is 5.96 Å². The van der Waals surface area contributed by atoms with Crippen LogP contribution in [0.2, 0.25) is 0 Å². The summed E-state index contributed by atoms with van der Waals surface area (Å²) in [6, 6.07) is 0.585. The standard InChI is InChI=1S/C13H27N3O/c1-8(2)15-12(14)16-10-7-11(13(10,5)6)17-9(3)4/h8-11H,7H2,1-6H3,(H3,14,15,16). The molecule has 0 heterocycles. The molecule has 0 radical (unpaired) electrons. The van der Waals surface area contributed by atoms with Crippen LogP contribution in [-0.4, -0.2) is 30.3 Å². The molecule has 1 rings (SSSR count). The van der Waals surface area contributed by atoms with Gasteiger partial charge in [-0.05, 0) is 34.1 Å². The van der Waals surface area contributed by atoms with Gasteiger partial charge >= 0.3 is 0 Å². The summed E-state index contributed by atoms with van der Waals surface area (Å²) in [5.74, 6) is 0.543. The zero-order valence-corrected chi connectivity index (χ0v) is 11.9. The maximum atomic E-state index is 5.86. The molecule has 0 saturated heterocycles. The molecule has 0 amide bonds. The van der Waals surface area contributed by atoms with Crippen LogP contribution in [0.1, 0.15) is 48.0 Å². The fourth-order valence-corrected chi connectivity index (χ4v) is 2.14. The van der Waals surface area contributed by atoms with Crippen LogP contribution >= 0.6 is 0 Å². The van der Waals surface area contributed by atoms with Crippen molar-refractivity contribution in [2.75, 3.05) is 0 Å². The highest BCUT2D eigenvalue weighted by Crippen LogP contribution is 2.45. The lowest BCUT2D eigenvalue weighted by atomic mass is 9.64. The van der Waals surface area contributed by atoms with E-state index in [2.05, 4.69) is 51.9 Å². The zero-order valence-electron chi connectivity index (χ0n) is 11.9. The summed E-state index contributed by atoms with van der Waals surface area (Å²) in [5.41, 5.74) is 5.93. The molecule has 0 aromatic heterocycles. The predicted molar refractivity (Wildman–Crippen MR) is 72.1 cm³/mol. The molecule has 0 spiro atoms. The molecule has 17 heavy (non-hydrogen) atoms. The van der Waals surface area contributed by atoms with Crippen LogP contribution in [0.15, 0.2) is 4.99 Å². The number of nitrogens with two attached hydrogens (primary N) is 1. The van der Waals surface area contributed by atoms with E-state index in [0.29, 0.717) is 18.1 Å². The maximum Gasteiger partial charge on any atom is 0.189 e. The summed E-state index contributed by atoms with van der Waals surface area (Å²) in [6.45, 7) is 12.6. The van der Waals surface area contributed by atoms with Crippen molar-refractivity contribution in [1.82, 2.24) is 5.32 Å². The second kappa shape index (κ2) is 5.25. The number of nitrogens with zero attached hydrogens (tertiary/aromatic N) is 1. The normalized spacial score (nSPS) is 28.4. The highest BCUT2D eigenvalue weighted by Gasteiger charge is 2.49. The van der Waals surface area contributed by atoms with E-state index in [-0.39, 0.29) is 17.6 Å². The molecule has 1 saturated carbocycles. The maximum absolute atomic E-state index is 5.86. The van der Waals surface area contributed by atoms with Crippen molar-refractivity contribution in [3.63, 3.8) is 0 Å². The van der Waals surface area contributed by atoms with Gasteiger partial charge in [0.25, 0.3) is 0 Å². The third kappa shape index (κ3) is 3.60. The molecule has 0 bridgehead atoms. The van der Waals surface area contributed by atoms with Crippen molar-refractivity contribution in [3.05, 3.63) is 0 Å². The lowest BCUT2D eigenvalue weighted by Gasteiger charge is -2.50. The first-order valence-electron chi connectivity index (χ1n) is 6.48. The van der Waals surface area contributed by atoms with Gasteiger partial charge in [0, 0.05) is 11.5 Å². The van der Waals surface area contributed by atoms with Gasteiger partial charge in [-0.25, -0.2) is 4.99 Å². The number of hydrogen-bond acceptors (Lipinski definition) is 2. The first kappa shape index (κ1) is 14.3. The molecule has 100 valence electrons.